The summed E-state index contributed by atoms with van der Waals surface area (Å²) in [6.45, 7) is 4.97. The Morgan fingerprint density at radius 3 is 2.65 bits per heavy atom. The maximum atomic E-state index is 12.5. The van der Waals surface area contributed by atoms with Crippen molar-refractivity contribution in [1.29, 1.82) is 0 Å². The maximum Gasteiger partial charge on any atom is 0.339 e. The van der Waals surface area contributed by atoms with Gasteiger partial charge in [0.2, 0.25) is 0 Å². The average Bonchev–Trinajstić information content (AvgIpc) is 3.27. The van der Waals surface area contributed by atoms with Crippen molar-refractivity contribution in [3.8, 4) is 0 Å². The molecule has 1 aromatic heterocycles. The summed E-state index contributed by atoms with van der Waals surface area (Å²) < 4.78 is 0. The number of hydrogen-bond acceptors (Lipinski definition) is 5. The van der Waals surface area contributed by atoms with Gasteiger partial charge in [0.1, 0.15) is 11.4 Å². The Kier molecular flexibility index (Phi) is 6.73. The maximum absolute atomic E-state index is 12.5. The molecule has 2 aromatic rings. The van der Waals surface area contributed by atoms with Crippen molar-refractivity contribution in [3.63, 3.8) is 0 Å². The van der Waals surface area contributed by atoms with E-state index in [1.54, 1.807) is 24.3 Å². The van der Waals surface area contributed by atoms with Crippen molar-refractivity contribution in [2.45, 2.75) is 25.7 Å². The van der Waals surface area contributed by atoms with Crippen LogP contribution in [0.5, 0.6) is 0 Å². The Balaban J connectivity index is 1.50. The highest BCUT2D eigenvalue weighted by Gasteiger charge is 2.27. The molecule has 2 aliphatic heterocycles. The second kappa shape index (κ2) is 9.66. The third kappa shape index (κ3) is 5.17. The zero-order valence-electron chi connectivity index (χ0n) is 17.4. The lowest BCUT2D eigenvalue weighted by Gasteiger charge is -2.36. The number of anilines is 2. The molecule has 2 saturated heterocycles. The molecule has 2 fully saturated rings. The van der Waals surface area contributed by atoms with E-state index in [0.717, 1.165) is 45.6 Å². The van der Waals surface area contributed by atoms with E-state index in [1.807, 2.05) is 0 Å². The van der Waals surface area contributed by atoms with Crippen molar-refractivity contribution in [1.82, 2.24) is 9.88 Å². The fourth-order valence-corrected chi connectivity index (χ4v) is 4.74. The molecule has 1 amide bonds. The predicted octanol–water partition coefficient (Wildman–Crippen LogP) is 4.00. The molecule has 1 atom stereocenters. The number of piperidine rings is 1. The quantitative estimate of drug-likeness (QED) is 0.703. The Morgan fingerprint density at radius 1 is 1.13 bits per heavy atom. The number of carbonyl (C=O) groups excluding carboxylic acids is 1. The second-order valence-electron chi connectivity index (χ2n) is 8.30. The predicted molar refractivity (Wildman–Crippen MR) is 121 cm³/mol. The molecule has 31 heavy (non-hydrogen) atoms. The van der Waals surface area contributed by atoms with Crippen LogP contribution < -0.4 is 10.2 Å². The number of nitrogens with zero attached hydrogens (tertiary/aromatic N) is 3. The summed E-state index contributed by atoms with van der Waals surface area (Å²) in [5.74, 6) is -0.484. The van der Waals surface area contributed by atoms with Crippen LogP contribution in [0.15, 0.2) is 36.5 Å². The molecule has 7 nitrogen and oxygen atoms in total. The molecule has 164 valence electrons. The summed E-state index contributed by atoms with van der Waals surface area (Å²) in [6.07, 6.45) is 6.22. The van der Waals surface area contributed by atoms with Gasteiger partial charge in [0.05, 0.1) is 22.5 Å². The first-order valence-corrected chi connectivity index (χ1v) is 11.2. The topological polar surface area (TPSA) is 85.8 Å². The van der Waals surface area contributed by atoms with Crippen LogP contribution >= 0.6 is 11.6 Å². The Morgan fingerprint density at radius 2 is 1.90 bits per heavy atom. The molecule has 2 N–H and O–H groups in total. The number of aromatic carboxylic acids is 1. The fraction of sp³-hybridized carbons (Fsp3) is 0.435. The molecule has 0 saturated carbocycles. The number of likely N-dealkylation sites (tertiary alicyclic amines) is 1. The van der Waals surface area contributed by atoms with Crippen molar-refractivity contribution in [2.24, 2.45) is 5.92 Å². The van der Waals surface area contributed by atoms with Gasteiger partial charge in [-0.2, -0.15) is 0 Å². The lowest BCUT2D eigenvalue weighted by atomic mass is 9.97. The zero-order valence-corrected chi connectivity index (χ0v) is 18.1. The number of nitrogens with one attached hydrogen (secondary N) is 1. The summed E-state index contributed by atoms with van der Waals surface area (Å²) >= 11 is 6.09. The van der Waals surface area contributed by atoms with Gasteiger partial charge in [-0.25, -0.2) is 9.78 Å². The number of pyridine rings is 1. The van der Waals surface area contributed by atoms with Gasteiger partial charge in [-0.1, -0.05) is 23.7 Å². The number of hydrogen-bond donors (Lipinski definition) is 2. The van der Waals surface area contributed by atoms with E-state index in [0.29, 0.717) is 28.0 Å². The molecule has 3 heterocycles. The molecular formula is C23H27ClN4O3. The summed E-state index contributed by atoms with van der Waals surface area (Å²) in [7, 11) is 0. The van der Waals surface area contributed by atoms with E-state index in [2.05, 4.69) is 20.1 Å². The first-order chi connectivity index (χ1) is 15.0. The van der Waals surface area contributed by atoms with E-state index in [9.17, 15) is 14.7 Å². The van der Waals surface area contributed by atoms with Crippen molar-refractivity contribution < 1.29 is 14.7 Å². The van der Waals surface area contributed by atoms with Gasteiger partial charge in [0, 0.05) is 19.6 Å². The summed E-state index contributed by atoms with van der Waals surface area (Å²) in [5, 5.41) is 12.8. The largest absolute Gasteiger partial charge is 0.478 e. The first-order valence-electron chi connectivity index (χ1n) is 10.8. The van der Waals surface area contributed by atoms with Crippen LogP contribution in [0.3, 0.4) is 0 Å². The minimum atomic E-state index is -1.06. The SMILES string of the molecule is O=C(Nc1cnc(N2CCC[C@@H](CN3CCCC3)C2)c(C(=O)O)c1)c1ccccc1Cl. The van der Waals surface area contributed by atoms with Crippen LogP contribution in [-0.4, -0.2) is 59.6 Å². The number of aromatic nitrogens is 1. The number of carboxylic acids is 1. The highest BCUT2D eigenvalue weighted by atomic mass is 35.5. The second-order valence-corrected chi connectivity index (χ2v) is 8.70. The first kappa shape index (κ1) is 21.6. The normalized spacial score (nSPS) is 19.4. The van der Waals surface area contributed by atoms with Crippen LogP contribution in [0.4, 0.5) is 11.5 Å². The van der Waals surface area contributed by atoms with Crippen LogP contribution in [0, 0.1) is 5.92 Å². The smallest absolute Gasteiger partial charge is 0.339 e. The zero-order chi connectivity index (χ0) is 21.8. The summed E-state index contributed by atoms with van der Waals surface area (Å²) in [6, 6.07) is 8.19. The number of halogens is 1. The van der Waals surface area contributed by atoms with Gasteiger partial charge in [-0.05, 0) is 62.9 Å². The highest BCUT2D eigenvalue weighted by Crippen LogP contribution is 2.28. The van der Waals surface area contributed by atoms with Gasteiger partial charge >= 0.3 is 5.97 Å². The highest BCUT2D eigenvalue weighted by molar-refractivity contribution is 6.34. The number of rotatable bonds is 6. The molecule has 8 heteroatoms. The van der Waals surface area contributed by atoms with Crippen LogP contribution in [0.2, 0.25) is 5.02 Å². The minimum absolute atomic E-state index is 0.0961. The third-order valence-corrected chi connectivity index (χ3v) is 6.34. The van der Waals surface area contributed by atoms with Gasteiger partial charge in [-0.15, -0.1) is 0 Å². The Bertz CT molecular complexity index is 962. The molecule has 0 radical (unpaired) electrons. The summed E-state index contributed by atoms with van der Waals surface area (Å²) in [5.41, 5.74) is 0.751. The molecule has 0 aliphatic carbocycles. The van der Waals surface area contributed by atoms with Crippen molar-refractivity contribution in [3.05, 3.63) is 52.7 Å². The van der Waals surface area contributed by atoms with E-state index in [4.69, 9.17) is 11.6 Å². The fourth-order valence-electron chi connectivity index (χ4n) is 4.52. The lowest BCUT2D eigenvalue weighted by Crippen LogP contribution is -2.41. The van der Waals surface area contributed by atoms with Gasteiger partial charge in [0.25, 0.3) is 5.91 Å². The molecule has 0 bridgehead atoms. The number of carbonyl (C=O) groups is 2. The monoisotopic (exact) mass is 442 g/mol. The molecule has 0 unspecified atom stereocenters. The van der Waals surface area contributed by atoms with E-state index >= 15 is 0 Å². The number of amides is 1. The van der Waals surface area contributed by atoms with E-state index in [-0.39, 0.29) is 5.56 Å². The standard InChI is InChI=1S/C23H27ClN4O3/c24-20-8-2-1-7-18(20)22(29)26-17-12-19(23(30)31)21(25-13-17)28-11-5-6-16(15-28)14-27-9-3-4-10-27/h1-2,7-8,12-13,16H,3-6,9-11,14-15H2,(H,26,29)(H,30,31)/t16-/m0/s1. The molecule has 0 spiro atoms. The molecule has 2 aliphatic rings. The lowest BCUT2D eigenvalue weighted by molar-refractivity contribution is 0.0696. The van der Waals surface area contributed by atoms with Crippen LogP contribution in [0.1, 0.15) is 46.4 Å². The van der Waals surface area contributed by atoms with Gasteiger partial charge < -0.3 is 20.2 Å². The van der Waals surface area contributed by atoms with Gasteiger partial charge in [-0.3, -0.25) is 4.79 Å². The van der Waals surface area contributed by atoms with Crippen LogP contribution in [-0.2, 0) is 0 Å². The van der Waals surface area contributed by atoms with Crippen molar-refractivity contribution >= 4 is 35.0 Å². The molecule has 1 aromatic carbocycles. The van der Waals surface area contributed by atoms with Crippen LogP contribution in [0.25, 0.3) is 0 Å². The van der Waals surface area contributed by atoms with Crippen molar-refractivity contribution in [2.75, 3.05) is 42.9 Å². The Hall–Kier alpha value is -2.64. The Labute approximate surface area is 187 Å². The third-order valence-electron chi connectivity index (χ3n) is 6.01. The average molecular weight is 443 g/mol. The van der Waals surface area contributed by atoms with E-state index < -0.39 is 11.9 Å². The summed E-state index contributed by atoms with van der Waals surface area (Å²) in [4.78, 5) is 33.5. The van der Waals surface area contributed by atoms with E-state index in [1.165, 1.54) is 25.1 Å². The number of benzene rings is 1. The van der Waals surface area contributed by atoms with Gasteiger partial charge in [0.15, 0.2) is 0 Å². The minimum Gasteiger partial charge on any atom is -0.478 e. The molecule has 4 rings (SSSR count). The number of carboxylic acid groups (broad SMARTS) is 1. The molecular weight excluding hydrogens is 416 g/mol.